The van der Waals surface area contributed by atoms with Crippen LogP contribution < -0.4 is 15.2 Å². The summed E-state index contributed by atoms with van der Waals surface area (Å²) in [4.78, 5) is 12.7. The molecule has 1 saturated carbocycles. The maximum Gasteiger partial charge on any atom is 0.328 e. The van der Waals surface area contributed by atoms with E-state index in [9.17, 15) is 13.2 Å². The predicted octanol–water partition coefficient (Wildman–Crippen LogP) is 1.92. The van der Waals surface area contributed by atoms with Crippen LogP contribution >= 0.6 is 0 Å². The first-order chi connectivity index (χ1) is 13.3. The van der Waals surface area contributed by atoms with Crippen molar-refractivity contribution in [3.8, 4) is 11.5 Å². The Morgan fingerprint density at radius 1 is 1.18 bits per heavy atom. The van der Waals surface area contributed by atoms with Crippen LogP contribution in [0.5, 0.6) is 11.5 Å². The molecule has 0 unspecified atom stereocenters. The molecule has 2 aromatic carbocycles. The van der Waals surface area contributed by atoms with Crippen LogP contribution in [-0.2, 0) is 19.4 Å². The zero-order valence-electron chi connectivity index (χ0n) is 15.5. The predicted molar refractivity (Wildman–Crippen MR) is 101 cm³/mol. The van der Waals surface area contributed by atoms with Crippen LogP contribution in [-0.4, -0.2) is 38.6 Å². The van der Waals surface area contributed by atoms with Gasteiger partial charge in [-0.25, -0.2) is 13.2 Å². The maximum absolute atomic E-state index is 13.3. The molecule has 4 rings (SSSR count). The van der Waals surface area contributed by atoms with E-state index in [2.05, 4.69) is 0 Å². The minimum absolute atomic E-state index is 0.0974. The summed E-state index contributed by atoms with van der Waals surface area (Å²) in [6, 6.07) is 11.6. The largest absolute Gasteiger partial charge is 0.465 e. The number of hydrogen-bond donors (Lipinski definition) is 1. The Kier molecular flexibility index (Phi) is 4.35. The monoisotopic (exact) mass is 403 g/mol. The summed E-state index contributed by atoms with van der Waals surface area (Å²) in [6.07, 6.45) is 0. The lowest BCUT2D eigenvalue weighted by Gasteiger charge is -2.11. The van der Waals surface area contributed by atoms with E-state index in [0.717, 1.165) is 5.56 Å². The first-order valence-corrected chi connectivity index (χ1v) is 10.5. The van der Waals surface area contributed by atoms with Crippen molar-refractivity contribution in [2.24, 2.45) is 5.73 Å². The van der Waals surface area contributed by atoms with Gasteiger partial charge in [0.05, 0.1) is 11.5 Å². The molecule has 2 aromatic rings. The van der Waals surface area contributed by atoms with Crippen molar-refractivity contribution in [2.45, 2.75) is 35.4 Å². The number of nitrogens with two attached hydrogens (primary N) is 1. The number of hydrogen-bond acceptors (Lipinski definition) is 7. The highest BCUT2D eigenvalue weighted by molar-refractivity contribution is 7.92. The van der Waals surface area contributed by atoms with Crippen LogP contribution in [0.4, 0.5) is 0 Å². The molecule has 0 spiro atoms. The summed E-state index contributed by atoms with van der Waals surface area (Å²) in [5.41, 5.74) is 6.24. The van der Waals surface area contributed by atoms with Crippen LogP contribution in [0.15, 0.2) is 47.4 Å². The molecule has 0 saturated heterocycles. The zero-order valence-corrected chi connectivity index (χ0v) is 16.4. The molecule has 28 heavy (non-hydrogen) atoms. The highest BCUT2D eigenvalue weighted by atomic mass is 32.2. The minimum Gasteiger partial charge on any atom is -0.465 e. The molecule has 7 nitrogen and oxygen atoms in total. The fraction of sp³-hybridized carbons (Fsp3) is 0.350. The smallest absolute Gasteiger partial charge is 0.328 e. The molecule has 3 atom stereocenters. The second kappa shape index (κ2) is 6.49. The molecule has 2 aliphatic rings. The van der Waals surface area contributed by atoms with E-state index in [4.69, 9.17) is 19.9 Å². The van der Waals surface area contributed by atoms with Gasteiger partial charge < -0.3 is 19.9 Å². The summed E-state index contributed by atoms with van der Waals surface area (Å²) in [7, 11) is -3.86. The second-order valence-electron chi connectivity index (χ2n) is 7.02. The van der Waals surface area contributed by atoms with Crippen molar-refractivity contribution in [2.75, 3.05) is 13.4 Å². The number of esters is 1. The third-order valence-electron chi connectivity index (χ3n) is 5.25. The minimum atomic E-state index is -3.86. The topological polar surface area (TPSA) is 105 Å². The first-order valence-electron chi connectivity index (χ1n) is 8.96. The Morgan fingerprint density at radius 2 is 1.86 bits per heavy atom. The van der Waals surface area contributed by atoms with E-state index < -0.39 is 32.5 Å². The lowest BCUT2D eigenvalue weighted by molar-refractivity contribution is -0.145. The van der Waals surface area contributed by atoms with Gasteiger partial charge in [-0.1, -0.05) is 23.8 Å². The van der Waals surface area contributed by atoms with E-state index in [1.54, 1.807) is 37.3 Å². The average Bonchev–Trinajstić information content (AvgIpc) is 3.07. The lowest BCUT2D eigenvalue weighted by Crippen LogP contribution is -2.41. The fourth-order valence-corrected chi connectivity index (χ4v) is 5.97. The van der Waals surface area contributed by atoms with Gasteiger partial charge in [0.1, 0.15) is 10.8 Å². The van der Waals surface area contributed by atoms with Gasteiger partial charge in [0.25, 0.3) is 0 Å². The Bertz CT molecular complexity index is 1030. The molecule has 0 amide bonds. The number of ether oxygens (including phenoxy) is 3. The van der Waals surface area contributed by atoms with Crippen molar-refractivity contribution in [1.29, 1.82) is 0 Å². The summed E-state index contributed by atoms with van der Waals surface area (Å²) in [5.74, 6) is -0.395. The van der Waals surface area contributed by atoms with Crippen molar-refractivity contribution < 1.29 is 27.4 Å². The number of carbonyl (C=O) groups is 1. The molecule has 148 valence electrons. The van der Waals surface area contributed by atoms with Gasteiger partial charge in [0, 0.05) is 5.92 Å². The van der Waals surface area contributed by atoms with E-state index in [-0.39, 0.29) is 18.3 Å². The molecule has 1 fully saturated rings. The van der Waals surface area contributed by atoms with Gasteiger partial charge in [-0.2, -0.15) is 0 Å². The molecular formula is C20H21NO6S. The molecule has 8 heteroatoms. The van der Waals surface area contributed by atoms with Gasteiger partial charge >= 0.3 is 5.97 Å². The zero-order chi connectivity index (χ0) is 20.1. The number of rotatable bonds is 5. The number of benzene rings is 2. The van der Waals surface area contributed by atoms with Crippen molar-refractivity contribution in [3.05, 3.63) is 53.6 Å². The average molecular weight is 403 g/mol. The molecule has 1 heterocycles. The van der Waals surface area contributed by atoms with Gasteiger partial charge in [0.2, 0.25) is 6.79 Å². The van der Waals surface area contributed by atoms with E-state index in [0.29, 0.717) is 17.1 Å². The number of aryl methyl sites for hydroxylation is 1. The summed E-state index contributed by atoms with van der Waals surface area (Å²) < 4.78 is 42.4. The lowest BCUT2D eigenvalue weighted by atomic mass is 10.1. The van der Waals surface area contributed by atoms with Crippen LogP contribution in [0.3, 0.4) is 0 Å². The van der Waals surface area contributed by atoms with E-state index in [1.165, 1.54) is 12.1 Å². The third-order valence-corrected chi connectivity index (χ3v) is 7.51. The highest BCUT2D eigenvalue weighted by Crippen LogP contribution is 2.57. The van der Waals surface area contributed by atoms with Gasteiger partial charge in [-0.3, -0.25) is 0 Å². The maximum atomic E-state index is 13.3. The Balaban J connectivity index is 1.77. The van der Waals surface area contributed by atoms with Crippen molar-refractivity contribution in [1.82, 2.24) is 0 Å². The SMILES string of the molecule is CCOC(=O)[C@]1(N)[C@H](c2ccc3c(c2)OCO3)[C@H]1S(=O)(=O)c1ccc(C)cc1. The third kappa shape index (κ3) is 2.75. The van der Waals surface area contributed by atoms with Gasteiger partial charge in [-0.15, -0.1) is 0 Å². The molecule has 1 aliphatic heterocycles. The number of carbonyl (C=O) groups excluding carboxylic acids is 1. The standard InChI is InChI=1S/C20H21NO6S/c1-3-25-19(22)20(21)17(13-6-9-15-16(10-13)27-11-26-15)18(20)28(23,24)14-7-4-12(2)5-8-14/h4-10,17-18H,3,11,21H2,1-2H3/t17-,18-,20+/m1/s1. The van der Waals surface area contributed by atoms with E-state index >= 15 is 0 Å². The van der Waals surface area contributed by atoms with Crippen molar-refractivity contribution >= 4 is 15.8 Å². The second-order valence-corrected chi connectivity index (χ2v) is 9.09. The summed E-state index contributed by atoms with van der Waals surface area (Å²) in [6.45, 7) is 3.74. The van der Waals surface area contributed by atoms with Crippen LogP contribution in [0.25, 0.3) is 0 Å². The normalized spacial score (nSPS) is 25.4. The molecule has 0 aromatic heterocycles. The fourth-order valence-electron chi connectivity index (χ4n) is 3.74. The molecule has 2 N–H and O–H groups in total. The Morgan fingerprint density at radius 3 is 2.54 bits per heavy atom. The highest BCUT2D eigenvalue weighted by Gasteiger charge is 2.74. The number of sulfone groups is 1. The quantitative estimate of drug-likeness (QED) is 0.761. The van der Waals surface area contributed by atoms with Crippen molar-refractivity contribution in [3.63, 3.8) is 0 Å². The Labute approximate surface area is 163 Å². The summed E-state index contributed by atoms with van der Waals surface area (Å²) in [5, 5.41) is -1.12. The van der Waals surface area contributed by atoms with Crippen LogP contribution in [0, 0.1) is 6.92 Å². The molecule has 1 aliphatic carbocycles. The first kappa shape index (κ1) is 18.8. The Hall–Kier alpha value is -2.58. The molecule has 0 radical (unpaired) electrons. The van der Waals surface area contributed by atoms with Crippen LogP contribution in [0.1, 0.15) is 24.0 Å². The van der Waals surface area contributed by atoms with Crippen LogP contribution in [0.2, 0.25) is 0 Å². The number of fused-ring (bicyclic) bond motifs is 1. The summed E-state index contributed by atoms with van der Waals surface area (Å²) >= 11 is 0. The van der Waals surface area contributed by atoms with Gasteiger partial charge in [-0.05, 0) is 43.7 Å². The van der Waals surface area contributed by atoms with Gasteiger partial charge in [0.15, 0.2) is 21.3 Å². The molecular weight excluding hydrogens is 382 g/mol. The molecule has 0 bridgehead atoms. The van der Waals surface area contributed by atoms with E-state index in [1.807, 2.05) is 6.92 Å².